The summed E-state index contributed by atoms with van der Waals surface area (Å²) in [6, 6.07) is 6.33. The zero-order chi connectivity index (χ0) is 21.5. The minimum atomic E-state index is -0.0308. The number of likely N-dealkylation sites (tertiary alicyclic amines) is 1. The van der Waals surface area contributed by atoms with Gasteiger partial charge in [-0.1, -0.05) is 12.1 Å². The molecule has 2 aliphatic heterocycles. The van der Waals surface area contributed by atoms with Crippen molar-refractivity contribution in [3.8, 4) is 5.75 Å². The highest BCUT2D eigenvalue weighted by Crippen LogP contribution is 2.19. The fraction of sp³-hybridized carbons (Fsp3) is 0.652. The first-order chi connectivity index (χ1) is 14.5. The first kappa shape index (κ1) is 25.7. The predicted molar refractivity (Wildman–Crippen MR) is 137 cm³/mol. The van der Waals surface area contributed by atoms with E-state index in [9.17, 15) is 4.79 Å². The number of hydrogen-bond acceptors (Lipinski definition) is 4. The number of benzene rings is 1. The summed E-state index contributed by atoms with van der Waals surface area (Å²) in [6.07, 6.45) is 3.20. The van der Waals surface area contributed by atoms with Crippen molar-refractivity contribution in [3.63, 3.8) is 0 Å². The third-order valence-electron chi connectivity index (χ3n) is 6.32. The van der Waals surface area contributed by atoms with Gasteiger partial charge in [-0.05, 0) is 50.3 Å². The van der Waals surface area contributed by atoms with E-state index < -0.39 is 0 Å². The molecule has 0 aromatic heterocycles. The molecule has 2 heterocycles. The number of rotatable bonds is 6. The van der Waals surface area contributed by atoms with Crippen LogP contribution in [0.1, 0.15) is 30.9 Å². The van der Waals surface area contributed by atoms with E-state index in [1.807, 2.05) is 11.9 Å². The van der Waals surface area contributed by atoms with Crippen LogP contribution in [0.2, 0.25) is 0 Å². The maximum Gasteiger partial charge on any atom is 0.239 e. The molecule has 0 saturated carbocycles. The van der Waals surface area contributed by atoms with E-state index in [0.717, 1.165) is 82.3 Å². The minimum Gasteiger partial charge on any atom is -0.496 e. The average Bonchev–Trinajstić information content (AvgIpc) is 3.32. The molecule has 0 bridgehead atoms. The number of nitrogens with zero attached hydrogens (tertiary/aromatic N) is 4. The van der Waals surface area contributed by atoms with Crippen LogP contribution in [0.4, 0.5) is 0 Å². The maximum atomic E-state index is 12.7. The number of nitrogens with one attached hydrogen (secondary N) is 1. The van der Waals surface area contributed by atoms with Crippen molar-refractivity contribution in [2.45, 2.75) is 39.2 Å². The average molecular weight is 543 g/mol. The van der Waals surface area contributed by atoms with Crippen molar-refractivity contribution in [3.05, 3.63) is 29.3 Å². The van der Waals surface area contributed by atoms with Crippen LogP contribution in [0.25, 0.3) is 0 Å². The molecule has 0 aliphatic carbocycles. The zero-order valence-corrected chi connectivity index (χ0v) is 21.7. The van der Waals surface area contributed by atoms with Gasteiger partial charge in [-0.15, -0.1) is 24.0 Å². The van der Waals surface area contributed by atoms with Crippen molar-refractivity contribution in [1.29, 1.82) is 0 Å². The molecule has 1 N–H and O–H groups in total. The second-order valence-electron chi connectivity index (χ2n) is 8.26. The predicted octanol–water partition coefficient (Wildman–Crippen LogP) is 2.37. The van der Waals surface area contributed by atoms with Crippen molar-refractivity contribution < 1.29 is 9.53 Å². The van der Waals surface area contributed by atoms with E-state index in [4.69, 9.17) is 4.74 Å². The molecule has 1 unspecified atom stereocenters. The van der Waals surface area contributed by atoms with Gasteiger partial charge >= 0.3 is 0 Å². The van der Waals surface area contributed by atoms with Crippen LogP contribution in [-0.4, -0.2) is 92.6 Å². The lowest BCUT2D eigenvalue weighted by atomic mass is 10.1. The van der Waals surface area contributed by atoms with Crippen LogP contribution in [0.5, 0.6) is 5.75 Å². The summed E-state index contributed by atoms with van der Waals surface area (Å²) in [5, 5.41) is 3.49. The number of ether oxygens (including phenoxy) is 1. The third kappa shape index (κ3) is 6.71. The number of aryl methyl sites for hydroxylation is 1. The lowest BCUT2D eigenvalue weighted by Gasteiger charge is -2.39. The molecule has 7 nitrogen and oxygen atoms in total. The summed E-state index contributed by atoms with van der Waals surface area (Å²) in [5.74, 6) is 2.16. The molecule has 1 amide bonds. The number of hydrogen-bond donors (Lipinski definition) is 1. The Balaban J connectivity index is 0.00000341. The Morgan fingerprint density at radius 2 is 1.81 bits per heavy atom. The van der Waals surface area contributed by atoms with Crippen LogP contribution in [0.3, 0.4) is 0 Å². The van der Waals surface area contributed by atoms with E-state index in [0.29, 0.717) is 0 Å². The lowest BCUT2D eigenvalue weighted by molar-refractivity contribution is -0.135. The van der Waals surface area contributed by atoms with E-state index in [-0.39, 0.29) is 35.9 Å². The number of piperazine rings is 1. The normalized spacial score (nSPS) is 18.5. The minimum absolute atomic E-state index is 0. The van der Waals surface area contributed by atoms with Crippen molar-refractivity contribution in [2.24, 2.45) is 4.99 Å². The molecule has 2 fully saturated rings. The highest BCUT2D eigenvalue weighted by Gasteiger charge is 2.30. The summed E-state index contributed by atoms with van der Waals surface area (Å²) in [4.78, 5) is 23.8. The second-order valence-corrected chi connectivity index (χ2v) is 8.26. The van der Waals surface area contributed by atoms with Gasteiger partial charge < -0.3 is 19.9 Å². The smallest absolute Gasteiger partial charge is 0.239 e. The van der Waals surface area contributed by atoms with Gasteiger partial charge in [-0.25, -0.2) is 0 Å². The van der Waals surface area contributed by atoms with Gasteiger partial charge in [-0.3, -0.25) is 14.7 Å². The molecule has 3 rings (SSSR count). The monoisotopic (exact) mass is 543 g/mol. The first-order valence-corrected chi connectivity index (χ1v) is 11.2. The van der Waals surface area contributed by atoms with Gasteiger partial charge in [-0.2, -0.15) is 0 Å². The van der Waals surface area contributed by atoms with Gasteiger partial charge in [0, 0.05) is 52.9 Å². The van der Waals surface area contributed by atoms with Crippen LogP contribution >= 0.6 is 24.0 Å². The summed E-state index contributed by atoms with van der Waals surface area (Å²) in [7, 11) is 3.55. The van der Waals surface area contributed by atoms with Gasteiger partial charge in [0.1, 0.15) is 5.75 Å². The fourth-order valence-corrected chi connectivity index (χ4v) is 4.35. The topological polar surface area (TPSA) is 60.4 Å². The number of guanidine groups is 1. The maximum absolute atomic E-state index is 12.7. The molecule has 1 aromatic rings. The zero-order valence-electron chi connectivity index (χ0n) is 19.4. The molecule has 2 saturated heterocycles. The van der Waals surface area contributed by atoms with E-state index in [1.165, 1.54) is 5.56 Å². The van der Waals surface area contributed by atoms with Crippen molar-refractivity contribution in [1.82, 2.24) is 20.0 Å². The first-order valence-electron chi connectivity index (χ1n) is 11.2. The quantitative estimate of drug-likeness (QED) is 0.339. The number of methoxy groups -OCH3 is 1. The molecule has 0 spiro atoms. The number of amides is 1. The summed E-state index contributed by atoms with van der Waals surface area (Å²) < 4.78 is 5.42. The number of carbonyl (C=O) groups excluding carboxylic acids is 1. The number of carbonyl (C=O) groups is 1. The van der Waals surface area contributed by atoms with Gasteiger partial charge in [0.2, 0.25) is 5.91 Å². The van der Waals surface area contributed by atoms with E-state index >= 15 is 0 Å². The summed E-state index contributed by atoms with van der Waals surface area (Å²) in [6.45, 7) is 10.3. The van der Waals surface area contributed by atoms with Crippen LogP contribution in [0, 0.1) is 6.92 Å². The largest absolute Gasteiger partial charge is 0.496 e. The Morgan fingerprint density at radius 1 is 1.13 bits per heavy atom. The molecule has 1 aromatic carbocycles. The molecule has 2 aliphatic rings. The number of aliphatic imine (C=N–C) groups is 1. The second kappa shape index (κ2) is 12.5. The van der Waals surface area contributed by atoms with E-state index in [1.54, 1.807) is 7.11 Å². The highest BCUT2D eigenvalue weighted by molar-refractivity contribution is 14.0. The molecule has 0 radical (unpaired) electrons. The van der Waals surface area contributed by atoms with Gasteiger partial charge in [0.15, 0.2) is 5.96 Å². The van der Waals surface area contributed by atoms with Gasteiger partial charge in [0.25, 0.3) is 0 Å². The Hall–Kier alpha value is -1.55. The Kier molecular flexibility index (Phi) is 10.3. The molecule has 174 valence electrons. The standard InChI is InChI=1S/C23H37N5O2.HI/c1-18-7-8-20(17-21(18)30-4)9-10-25-23(24-3)28-15-13-26(14-16-28)19(2)22(29)27-11-5-6-12-27;/h7-8,17,19H,5-6,9-16H2,1-4H3,(H,24,25);1H. The Morgan fingerprint density at radius 3 is 2.42 bits per heavy atom. The third-order valence-corrected chi connectivity index (χ3v) is 6.32. The Labute approximate surface area is 204 Å². The SMILES string of the molecule is CN=C(NCCc1ccc(C)c(OC)c1)N1CCN(C(C)C(=O)N2CCCC2)CC1.I. The number of halogens is 1. The van der Waals surface area contributed by atoms with Crippen molar-refractivity contribution >= 4 is 35.8 Å². The van der Waals surface area contributed by atoms with Crippen LogP contribution in [0.15, 0.2) is 23.2 Å². The molecular weight excluding hydrogens is 505 g/mol. The fourth-order valence-electron chi connectivity index (χ4n) is 4.35. The van der Waals surface area contributed by atoms with Gasteiger partial charge in [0.05, 0.1) is 13.2 Å². The van der Waals surface area contributed by atoms with Crippen LogP contribution < -0.4 is 10.1 Å². The Bertz CT molecular complexity index is 743. The molecule has 31 heavy (non-hydrogen) atoms. The summed E-state index contributed by atoms with van der Waals surface area (Å²) >= 11 is 0. The van der Waals surface area contributed by atoms with Crippen LogP contribution in [-0.2, 0) is 11.2 Å². The molecule has 8 heteroatoms. The molecule has 1 atom stereocenters. The lowest BCUT2D eigenvalue weighted by Crippen LogP contribution is -2.57. The molecular formula is C23H38IN5O2. The van der Waals surface area contributed by atoms with E-state index in [2.05, 4.69) is 52.2 Å². The highest BCUT2D eigenvalue weighted by atomic mass is 127. The van der Waals surface area contributed by atoms with Crippen molar-refractivity contribution in [2.75, 3.05) is 60.0 Å². The summed E-state index contributed by atoms with van der Waals surface area (Å²) in [5.41, 5.74) is 2.40.